The second kappa shape index (κ2) is 10.9. The van der Waals surface area contributed by atoms with E-state index in [1.54, 1.807) is 20.1 Å². The predicted molar refractivity (Wildman–Crippen MR) is 137 cm³/mol. The molecule has 1 atom stereocenters. The van der Waals surface area contributed by atoms with E-state index in [-0.39, 0.29) is 5.75 Å². The standard InChI is InChI=1S/C28H31F2N3O3/c1-4-35-16-19-11-21(13-23(12-19)33-22-6-5-7-24(14-22)34-3)28(15-26(31)32-17-28)20-8-9-25(18(2)10-20)36-27(29)30/h5-15,27,32-33H,4,16-17,31H2,1-3H3. The molecule has 0 amide bonds. The molecule has 0 bridgehead atoms. The van der Waals surface area contributed by atoms with E-state index in [2.05, 4.69) is 27.5 Å². The zero-order valence-electron chi connectivity index (χ0n) is 20.6. The van der Waals surface area contributed by atoms with Crippen molar-refractivity contribution in [1.82, 2.24) is 5.32 Å². The van der Waals surface area contributed by atoms with Crippen molar-refractivity contribution in [2.24, 2.45) is 5.73 Å². The van der Waals surface area contributed by atoms with Crippen LogP contribution in [0.25, 0.3) is 0 Å². The summed E-state index contributed by atoms with van der Waals surface area (Å²) in [5.74, 6) is 1.45. The van der Waals surface area contributed by atoms with Crippen molar-refractivity contribution in [3.63, 3.8) is 0 Å². The number of aryl methyl sites for hydroxylation is 1. The summed E-state index contributed by atoms with van der Waals surface area (Å²) in [5.41, 5.74) is 10.9. The van der Waals surface area contributed by atoms with E-state index in [1.165, 1.54) is 0 Å². The Morgan fingerprint density at radius 3 is 2.56 bits per heavy atom. The van der Waals surface area contributed by atoms with Crippen molar-refractivity contribution in [1.29, 1.82) is 0 Å². The van der Waals surface area contributed by atoms with Crippen molar-refractivity contribution in [3.8, 4) is 11.5 Å². The minimum absolute atomic E-state index is 0.150. The monoisotopic (exact) mass is 495 g/mol. The first-order valence-corrected chi connectivity index (χ1v) is 11.7. The highest BCUT2D eigenvalue weighted by atomic mass is 19.3. The number of alkyl halides is 2. The van der Waals surface area contributed by atoms with Gasteiger partial charge in [-0.05, 0) is 72.5 Å². The summed E-state index contributed by atoms with van der Waals surface area (Å²) >= 11 is 0. The van der Waals surface area contributed by atoms with Gasteiger partial charge >= 0.3 is 6.61 Å². The van der Waals surface area contributed by atoms with Gasteiger partial charge in [0.2, 0.25) is 0 Å². The predicted octanol–water partition coefficient (Wildman–Crippen LogP) is 5.57. The van der Waals surface area contributed by atoms with Crippen LogP contribution in [0.5, 0.6) is 11.5 Å². The van der Waals surface area contributed by atoms with Crippen LogP contribution < -0.4 is 25.8 Å². The number of anilines is 2. The van der Waals surface area contributed by atoms with E-state index in [0.29, 0.717) is 31.1 Å². The quantitative estimate of drug-likeness (QED) is 0.341. The van der Waals surface area contributed by atoms with E-state index < -0.39 is 12.0 Å². The van der Waals surface area contributed by atoms with E-state index in [1.807, 2.05) is 55.5 Å². The molecule has 1 unspecified atom stereocenters. The molecule has 1 aliphatic heterocycles. The Kier molecular flexibility index (Phi) is 7.64. The van der Waals surface area contributed by atoms with E-state index >= 15 is 0 Å². The number of hydrogen-bond acceptors (Lipinski definition) is 6. The molecule has 0 saturated heterocycles. The lowest BCUT2D eigenvalue weighted by atomic mass is 9.74. The van der Waals surface area contributed by atoms with Gasteiger partial charge in [-0.2, -0.15) is 8.78 Å². The normalized spacial score (nSPS) is 17.0. The molecule has 190 valence electrons. The largest absolute Gasteiger partial charge is 0.497 e. The van der Waals surface area contributed by atoms with Gasteiger partial charge in [0.05, 0.1) is 25.0 Å². The fourth-order valence-electron chi connectivity index (χ4n) is 4.49. The van der Waals surface area contributed by atoms with Crippen LogP contribution in [-0.4, -0.2) is 26.9 Å². The van der Waals surface area contributed by atoms with Crippen LogP contribution in [0.1, 0.15) is 29.2 Å². The van der Waals surface area contributed by atoms with Crippen molar-refractivity contribution in [3.05, 3.63) is 94.8 Å². The van der Waals surface area contributed by atoms with Crippen LogP contribution in [0.2, 0.25) is 0 Å². The van der Waals surface area contributed by atoms with Gasteiger partial charge in [0, 0.05) is 30.6 Å². The van der Waals surface area contributed by atoms with Gasteiger partial charge in [0.15, 0.2) is 0 Å². The Labute approximate surface area is 210 Å². The molecule has 4 N–H and O–H groups in total. The highest BCUT2D eigenvalue weighted by Gasteiger charge is 2.37. The molecule has 1 heterocycles. The maximum absolute atomic E-state index is 12.8. The van der Waals surface area contributed by atoms with Crippen molar-refractivity contribution < 1.29 is 23.0 Å². The molecule has 3 aromatic carbocycles. The van der Waals surface area contributed by atoms with Gasteiger partial charge in [-0.25, -0.2) is 0 Å². The molecule has 0 aromatic heterocycles. The van der Waals surface area contributed by atoms with Gasteiger partial charge in [0.1, 0.15) is 11.5 Å². The Morgan fingerprint density at radius 2 is 1.89 bits per heavy atom. The summed E-state index contributed by atoms with van der Waals surface area (Å²) in [6, 6.07) is 19.2. The lowest BCUT2D eigenvalue weighted by Crippen LogP contribution is -2.31. The molecule has 3 aromatic rings. The van der Waals surface area contributed by atoms with Crippen LogP contribution in [-0.2, 0) is 16.8 Å². The summed E-state index contributed by atoms with van der Waals surface area (Å²) < 4.78 is 41.4. The summed E-state index contributed by atoms with van der Waals surface area (Å²) in [5, 5.41) is 6.71. The molecule has 0 saturated carbocycles. The molecule has 1 aliphatic rings. The molecule has 36 heavy (non-hydrogen) atoms. The number of nitrogens with one attached hydrogen (secondary N) is 2. The molecule has 0 aliphatic carbocycles. The molecule has 0 spiro atoms. The van der Waals surface area contributed by atoms with E-state index in [0.717, 1.165) is 33.8 Å². The second-order valence-electron chi connectivity index (χ2n) is 8.70. The van der Waals surface area contributed by atoms with E-state index in [4.69, 9.17) is 15.2 Å². The first kappa shape index (κ1) is 25.3. The lowest BCUT2D eigenvalue weighted by Gasteiger charge is -2.30. The zero-order chi connectivity index (χ0) is 25.7. The minimum atomic E-state index is -2.88. The molecule has 6 nitrogen and oxygen atoms in total. The Balaban J connectivity index is 1.80. The average molecular weight is 496 g/mol. The zero-order valence-corrected chi connectivity index (χ0v) is 20.6. The van der Waals surface area contributed by atoms with Crippen LogP contribution in [0.4, 0.5) is 20.2 Å². The summed E-state index contributed by atoms with van der Waals surface area (Å²) in [6.45, 7) is 2.38. The first-order valence-electron chi connectivity index (χ1n) is 11.7. The van der Waals surface area contributed by atoms with Crippen LogP contribution in [0, 0.1) is 6.92 Å². The highest BCUT2D eigenvalue weighted by Crippen LogP contribution is 2.40. The van der Waals surface area contributed by atoms with Crippen LogP contribution >= 0.6 is 0 Å². The molecule has 8 heteroatoms. The Bertz CT molecular complexity index is 1250. The number of rotatable bonds is 10. The smallest absolute Gasteiger partial charge is 0.387 e. The lowest BCUT2D eigenvalue weighted by molar-refractivity contribution is -0.0503. The molecule has 0 fully saturated rings. The number of halogens is 2. The van der Waals surface area contributed by atoms with Crippen molar-refractivity contribution in [2.75, 3.05) is 25.6 Å². The fraction of sp³-hybridized carbons (Fsp3) is 0.286. The van der Waals surface area contributed by atoms with Crippen LogP contribution in [0.15, 0.2) is 72.6 Å². The van der Waals surface area contributed by atoms with E-state index in [9.17, 15) is 8.78 Å². The minimum Gasteiger partial charge on any atom is -0.497 e. The van der Waals surface area contributed by atoms with Crippen molar-refractivity contribution in [2.45, 2.75) is 32.5 Å². The summed E-state index contributed by atoms with van der Waals surface area (Å²) in [6.07, 6.45) is 1.98. The SMILES string of the molecule is CCOCc1cc(Nc2cccc(OC)c2)cc(C2(c3ccc(OC(F)F)c(C)c3)C=C(N)NC2)c1. The maximum atomic E-state index is 12.8. The highest BCUT2D eigenvalue weighted by molar-refractivity contribution is 5.65. The van der Waals surface area contributed by atoms with Crippen LogP contribution in [0.3, 0.4) is 0 Å². The van der Waals surface area contributed by atoms with Gasteiger partial charge in [-0.3, -0.25) is 0 Å². The Morgan fingerprint density at radius 1 is 1.06 bits per heavy atom. The van der Waals surface area contributed by atoms with Gasteiger partial charge in [-0.1, -0.05) is 24.3 Å². The number of ether oxygens (including phenoxy) is 3. The average Bonchev–Trinajstić information content (AvgIpc) is 3.26. The molecular weight excluding hydrogens is 464 g/mol. The summed E-state index contributed by atoms with van der Waals surface area (Å²) in [4.78, 5) is 0. The fourth-order valence-corrected chi connectivity index (χ4v) is 4.49. The number of methoxy groups -OCH3 is 1. The third kappa shape index (κ3) is 5.54. The number of benzene rings is 3. The number of hydrogen-bond donors (Lipinski definition) is 3. The second-order valence-corrected chi connectivity index (χ2v) is 8.70. The third-order valence-electron chi connectivity index (χ3n) is 6.22. The first-order chi connectivity index (χ1) is 17.3. The number of nitrogens with two attached hydrogens (primary N) is 1. The molecular formula is C28H31F2N3O3. The topological polar surface area (TPSA) is 77.8 Å². The van der Waals surface area contributed by atoms with Crippen molar-refractivity contribution >= 4 is 11.4 Å². The maximum Gasteiger partial charge on any atom is 0.387 e. The molecule has 0 radical (unpaired) electrons. The van der Waals surface area contributed by atoms with Gasteiger partial charge in [-0.15, -0.1) is 0 Å². The summed E-state index contributed by atoms with van der Waals surface area (Å²) in [7, 11) is 1.63. The van der Waals surface area contributed by atoms with Gasteiger partial charge in [0.25, 0.3) is 0 Å². The Hall–Kier alpha value is -3.78. The molecule has 4 rings (SSSR count). The van der Waals surface area contributed by atoms with Gasteiger partial charge < -0.3 is 30.6 Å². The third-order valence-corrected chi connectivity index (χ3v) is 6.22.